The van der Waals surface area contributed by atoms with Gasteiger partial charge in [0.25, 0.3) is 0 Å². The topological polar surface area (TPSA) is 54.4 Å². The zero-order valence-corrected chi connectivity index (χ0v) is 17.7. The quantitative estimate of drug-likeness (QED) is 0.775. The molecule has 0 radical (unpaired) electrons. The summed E-state index contributed by atoms with van der Waals surface area (Å²) in [5.41, 5.74) is 2.03. The molecule has 1 fully saturated rings. The molecule has 1 aliphatic rings. The van der Waals surface area contributed by atoms with E-state index in [0.29, 0.717) is 24.2 Å². The maximum Gasteiger partial charge on any atom is 0.187 e. The Morgan fingerprint density at radius 1 is 1.04 bits per heavy atom. The van der Waals surface area contributed by atoms with Crippen molar-refractivity contribution in [3.05, 3.63) is 71.8 Å². The van der Waals surface area contributed by atoms with E-state index in [9.17, 15) is 13.5 Å². The van der Waals surface area contributed by atoms with Crippen LogP contribution >= 0.6 is 0 Å². The van der Waals surface area contributed by atoms with Crippen molar-refractivity contribution in [2.75, 3.05) is 0 Å². The van der Waals surface area contributed by atoms with Crippen LogP contribution in [0.2, 0.25) is 0 Å². The molecule has 150 valence electrons. The number of sulfone groups is 1. The molecule has 3 nitrogen and oxygen atoms in total. The van der Waals surface area contributed by atoms with Crippen molar-refractivity contribution >= 4 is 15.9 Å². The van der Waals surface area contributed by atoms with E-state index in [4.69, 9.17) is 0 Å². The molecule has 4 heteroatoms. The van der Waals surface area contributed by atoms with E-state index in [-0.39, 0.29) is 11.8 Å². The minimum Gasteiger partial charge on any atom is -0.393 e. The van der Waals surface area contributed by atoms with Gasteiger partial charge in [0, 0.05) is 0 Å². The third-order valence-electron chi connectivity index (χ3n) is 5.66. The first-order valence-corrected chi connectivity index (χ1v) is 11.4. The summed E-state index contributed by atoms with van der Waals surface area (Å²) in [7, 11) is -3.64. The van der Waals surface area contributed by atoms with Crippen LogP contribution in [0.25, 0.3) is 6.08 Å². The lowest BCUT2D eigenvalue weighted by Crippen LogP contribution is -2.43. The van der Waals surface area contributed by atoms with E-state index in [2.05, 4.69) is 20.8 Å². The molecule has 28 heavy (non-hydrogen) atoms. The smallest absolute Gasteiger partial charge is 0.187 e. The fourth-order valence-electron chi connectivity index (χ4n) is 3.91. The van der Waals surface area contributed by atoms with Crippen LogP contribution in [0.5, 0.6) is 0 Å². The van der Waals surface area contributed by atoms with Crippen LogP contribution in [0.15, 0.2) is 65.6 Å². The fourth-order valence-corrected chi connectivity index (χ4v) is 5.94. The predicted molar refractivity (Wildman–Crippen MR) is 115 cm³/mol. The van der Waals surface area contributed by atoms with Crippen LogP contribution in [-0.4, -0.2) is 24.4 Å². The summed E-state index contributed by atoms with van der Waals surface area (Å²) in [6.45, 7) is 6.33. The molecule has 2 aromatic rings. The van der Waals surface area contributed by atoms with Gasteiger partial charge in [-0.15, -0.1) is 0 Å². The number of benzene rings is 2. The number of hydrogen-bond acceptors (Lipinski definition) is 3. The Bertz CT molecular complexity index is 922. The molecular formula is C24H30O3S. The van der Waals surface area contributed by atoms with Crippen molar-refractivity contribution in [3.8, 4) is 0 Å². The molecule has 1 aliphatic carbocycles. The molecule has 0 bridgehead atoms. The molecule has 1 N–H and O–H groups in total. The average molecular weight is 399 g/mol. The lowest BCUT2D eigenvalue weighted by atomic mass is 9.85. The van der Waals surface area contributed by atoms with E-state index >= 15 is 0 Å². The van der Waals surface area contributed by atoms with Gasteiger partial charge in [-0.25, -0.2) is 8.42 Å². The van der Waals surface area contributed by atoms with Crippen molar-refractivity contribution in [2.45, 2.75) is 67.6 Å². The fraction of sp³-hybridized carbons (Fsp3) is 0.417. The molecule has 0 aromatic heterocycles. The van der Waals surface area contributed by atoms with Gasteiger partial charge >= 0.3 is 0 Å². The summed E-state index contributed by atoms with van der Waals surface area (Å²) < 4.78 is 26.3. The van der Waals surface area contributed by atoms with Crippen molar-refractivity contribution in [1.82, 2.24) is 0 Å². The van der Waals surface area contributed by atoms with E-state index in [0.717, 1.165) is 11.1 Å². The Hall–Kier alpha value is -1.91. The summed E-state index contributed by atoms with van der Waals surface area (Å²) >= 11 is 0. The highest BCUT2D eigenvalue weighted by molar-refractivity contribution is 7.93. The molecule has 0 aliphatic heterocycles. The van der Waals surface area contributed by atoms with Gasteiger partial charge in [0.15, 0.2) is 9.84 Å². The molecule has 1 saturated carbocycles. The zero-order chi connectivity index (χ0) is 20.4. The summed E-state index contributed by atoms with van der Waals surface area (Å²) in [6, 6.07) is 16.9. The summed E-state index contributed by atoms with van der Waals surface area (Å²) in [5.74, 6) is 0. The number of aliphatic hydroxyl groups is 1. The van der Waals surface area contributed by atoms with Gasteiger partial charge in [-0.2, -0.15) is 0 Å². The minimum atomic E-state index is -3.64. The maximum atomic E-state index is 13.7. The van der Waals surface area contributed by atoms with Crippen LogP contribution in [0.1, 0.15) is 57.6 Å². The largest absolute Gasteiger partial charge is 0.393 e. The highest BCUT2D eigenvalue weighted by atomic mass is 32.2. The van der Waals surface area contributed by atoms with Gasteiger partial charge in [0.05, 0.1) is 15.7 Å². The normalized spacial score (nSPS) is 23.8. The molecular weight excluding hydrogens is 368 g/mol. The molecule has 0 saturated heterocycles. The van der Waals surface area contributed by atoms with Gasteiger partial charge < -0.3 is 5.11 Å². The number of hydrogen-bond donors (Lipinski definition) is 1. The second-order valence-electron chi connectivity index (χ2n) is 8.84. The molecule has 0 unspecified atom stereocenters. The third-order valence-corrected chi connectivity index (χ3v) is 8.13. The number of rotatable bonds is 4. The highest BCUT2D eigenvalue weighted by Crippen LogP contribution is 2.41. The highest BCUT2D eigenvalue weighted by Gasteiger charge is 2.45. The van der Waals surface area contributed by atoms with Crippen molar-refractivity contribution in [2.24, 2.45) is 0 Å². The Kier molecular flexibility index (Phi) is 5.83. The van der Waals surface area contributed by atoms with E-state index in [1.165, 1.54) is 0 Å². The van der Waals surface area contributed by atoms with Crippen LogP contribution in [0.3, 0.4) is 0 Å². The Balaban J connectivity index is 2.03. The van der Waals surface area contributed by atoms with E-state index < -0.39 is 20.7 Å². The van der Waals surface area contributed by atoms with Gasteiger partial charge in [0.1, 0.15) is 0 Å². The first-order chi connectivity index (χ1) is 13.1. The predicted octanol–water partition coefficient (Wildman–Crippen LogP) is 5.14. The van der Waals surface area contributed by atoms with Gasteiger partial charge in [-0.1, -0.05) is 75.4 Å². The van der Waals surface area contributed by atoms with Gasteiger partial charge in [-0.3, -0.25) is 0 Å². The lowest BCUT2D eigenvalue weighted by molar-refractivity contribution is 0.119. The molecule has 0 amide bonds. The standard InChI is InChI=1S/C24H30O3S/c1-23(2,3)20-11-13-22(14-12-20)28(26,27)24(16-7-10-21(25)18-24)17-15-19-8-5-4-6-9-19/h4-6,8-9,11-15,17,21,25H,7,10,16,18H2,1-3H3/b17-15+/t21-,24-/m0/s1. The van der Waals surface area contributed by atoms with Crippen molar-refractivity contribution < 1.29 is 13.5 Å². The molecule has 2 aromatic carbocycles. The SMILES string of the molecule is CC(C)(C)c1ccc(S(=O)(=O)[C@]2(/C=C/c3ccccc3)CCC[C@H](O)C2)cc1. The molecule has 0 heterocycles. The zero-order valence-electron chi connectivity index (χ0n) is 16.9. The Morgan fingerprint density at radius 3 is 2.25 bits per heavy atom. The Labute approximate surface area is 169 Å². The van der Waals surface area contributed by atoms with E-state index in [1.54, 1.807) is 18.2 Å². The summed E-state index contributed by atoms with van der Waals surface area (Å²) in [4.78, 5) is 0.326. The van der Waals surface area contributed by atoms with Crippen molar-refractivity contribution in [3.63, 3.8) is 0 Å². The molecule has 2 atom stereocenters. The second kappa shape index (κ2) is 7.84. The van der Waals surface area contributed by atoms with Gasteiger partial charge in [0.2, 0.25) is 0 Å². The van der Waals surface area contributed by atoms with Gasteiger partial charge in [-0.05, 0) is 54.4 Å². The van der Waals surface area contributed by atoms with Crippen LogP contribution in [0, 0.1) is 0 Å². The summed E-state index contributed by atoms with van der Waals surface area (Å²) in [6.07, 6.45) is 5.18. The monoisotopic (exact) mass is 398 g/mol. The average Bonchev–Trinajstić information content (AvgIpc) is 2.66. The first kappa shape index (κ1) is 20.8. The first-order valence-electron chi connectivity index (χ1n) is 9.92. The lowest BCUT2D eigenvalue weighted by Gasteiger charge is -2.36. The molecule has 0 spiro atoms. The van der Waals surface area contributed by atoms with Crippen molar-refractivity contribution in [1.29, 1.82) is 0 Å². The second-order valence-corrected chi connectivity index (χ2v) is 11.1. The third kappa shape index (κ3) is 4.23. The van der Waals surface area contributed by atoms with Crippen LogP contribution < -0.4 is 0 Å². The number of aliphatic hydroxyl groups excluding tert-OH is 1. The minimum absolute atomic E-state index is 0.0335. The van der Waals surface area contributed by atoms with Crippen LogP contribution in [0.4, 0.5) is 0 Å². The Morgan fingerprint density at radius 2 is 1.68 bits per heavy atom. The molecule has 3 rings (SSSR count). The van der Waals surface area contributed by atoms with Crippen LogP contribution in [-0.2, 0) is 15.3 Å². The maximum absolute atomic E-state index is 13.7. The summed E-state index contributed by atoms with van der Waals surface area (Å²) in [5, 5.41) is 10.3. The van der Waals surface area contributed by atoms with E-state index in [1.807, 2.05) is 48.5 Å².